The molecule has 0 N–H and O–H groups in total. The second-order valence-corrected chi connectivity index (χ2v) is 6.86. The zero-order chi connectivity index (χ0) is 17.0. The molecule has 0 aliphatic carbocycles. The van der Waals surface area contributed by atoms with Crippen LogP contribution in [0.4, 0.5) is 0 Å². The second kappa shape index (κ2) is 7.64. The molecule has 4 heteroatoms. The van der Waals surface area contributed by atoms with Crippen molar-refractivity contribution in [3.8, 4) is 11.5 Å². The van der Waals surface area contributed by atoms with Crippen LogP contribution in [0.5, 0.6) is 11.5 Å². The summed E-state index contributed by atoms with van der Waals surface area (Å²) in [4.78, 5) is 12.3. The maximum absolute atomic E-state index is 12.3. The standard InChI is InChI=1S/C19H21BrO3/c1-12(2)11-22-18-8-6-15(10-16(18)20)19(21)23-17-7-5-13(3)9-14(17)4/h5-10,12H,11H2,1-4H3. The van der Waals surface area contributed by atoms with Crippen LogP contribution >= 0.6 is 15.9 Å². The van der Waals surface area contributed by atoms with Crippen molar-refractivity contribution < 1.29 is 14.3 Å². The van der Waals surface area contributed by atoms with Gasteiger partial charge in [-0.2, -0.15) is 0 Å². The van der Waals surface area contributed by atoms with Crippen molar-refractivity contribution in [1.82, 2.24) is 0 Å². The number of aryl methyl sites for hydroxylation is 2. The van der Waals surface area contributed by atoms with Gasteiger partial charge in [-0.1, -0.05) is 31.5 Å². The fourth-order valence-electron chi connectivity index (χ4n) is 2.07. The van der Waals surface area contributed by atoms with Crippen molar-refractivity contribution in [2.45, 2.75) is 27.7 Å². The van der Waals surface area contributed by atoms with E-state index in [9.17, 15) is 4.79 Å². The van der Waals surface area contributed by atoms with Crippen LogP contribution in [0.15, 0.2) is 40.9 Å². The van der Waals surface area contributed by atoms with Gasteiger partial charge in [-0.15, -0.1) is 0 Å². The molecule has 0 aliphatic heterocycles. The Morgan fingerprint density at radius 2 is 1.78 bits per heavy atom. The maximum Gasteiger partial charge on any atom is 0.343 e. The molecule has 0 aromatic heterocycles. The monoisotopic (exact) mass is 376 g/mol. The average molecular weight is 377 g/mol. The van der Waals surface area contributed by atoms with E-state index >= 15 is 0 Å². The molecule has 0 saturated heterocycles. The van der Waals surface area contributed by atoms with E-state index in [2.05, 4.69) is 29.8 Å². The first kappa shape index (κ1) is 17.5. The highest BCUT2D eigenvalue weighted by Gasteiger charge is 2.13. The molecular formula is C19H21BrO3. The van der Waals surface area contributed by atoms with Crippen LogP contribution in [-0.4, -0.2) is 12.6 Å². The number of rotatable bonds is 5. The van der Waals surface area contributed by atoms with E-state index in [1.165, 1.54) is 0 Å². The fraction of sp³-hybridized carbons (Fsp3) is 0.316. The minimum Gasteiger partial charge on any atom is -0.492 e. The summed E-state index contributed by atoms with van der Waals surface area (Å²) in [6.45, 7) is 8.73. The largest absolute Gasteiger partial charge is 0.492 e. The zero-order valence-electron chi connectivity index (χ0n) is 13.9. The molecule has 0 unspecified atom stereocenters. The van der Waals surface area contributed by atoms with Crippen LogP contribution in [0.25, 0.3) is 0 Å². The molecule has 0 radical (unpaired) electrons. The number of carbonyl (C=O) groups excluding carboxylic acids is 1. The average Bonchev–Trinajstić information content (AvgIpc) is 2.48. The Kier molecular flexibility index (Phi) is 5.83. The van der Waals surface area contributed by atoms with E-state index < -0.39 is 0 Å². The molecule has 3 nitrogen and oxygen atoms in total. The van der Waals surface area contributed by atoms with Crippen molar-refractivity contribution in [3.63, 3.8) is 0 Å². The second-order valence-electron chi connectivity index (χ2n) is 6.01. The van der Waals surface area contributed by atoms with Crippen molar-refractivity contribution in [2.24, 2.45) is 5.92 Å². The summed E-state index contributed by atoms with van der Waals surface area (Å²) in [7, 11) is 0. The molecule has 2 aromatic rings. The first-order chi connectivity index (χ1) is 10.9. The quantitative estimate of drug-likeness (QED) is 0.523. The first-order valence-corrected chi connectivity index (χ1v) is 8.38. The van der Waals surface area contributed by atoms with Crippen molar-refractivity contribution in [2.75, 3.05) is 6.61 Å². The smallest absolute Gasteiger partial charge is 0.343 e. The number of carbonyl (C=O) groups is 1. The molecule has 0 fully saturated rings. The first-order valence-electron chi connectivity index (χ1n) is 7.58. The fourth-order valence-corrected chi connectivity index (χ4v) is 2.57. The molecule has 122 valence electrons. The molecule has 0 saturated carbocycles. The van der Waals surface area contributed by atoms with Gasteiger partial charge >= 0.3 is 5.97 Å². The summed E-state index contributed by atoms with van der Waals surface area (Å²) in [6, 6.07) is 11.0. The Labute approximate surface area is 145 Å². The highest BCUT2D eigenvalue weighted by molar-refractivity contribution is 9.10. The van der Waals surface area contributed by atoms with Crippen LogP contribution in [-0.2, 0) is 0 Å². The van der Waals surface area contributed by atoms with Crippen LogP contribution < -0.4 is 9.47 Å². The van der Waals surface area contributed by atoms with E-state index in [0.29, 0.717) is 23.8 Å². The van der Waals surface area contributed by atoms with Crippen LogP contribution in [0.1, 0.15) is 35.3 Å². The Balaban J connectivity index is 2.12. The summed E-state index contributed by atoms with van der Waals surface area (Å²) in [5.74, 6) is 1.36. The van der Waals surface area contributed by atoms with Crippen LogP contribution in [0, 0.1) is 19.8 Å². The van der Waals surface area contributed by atoms with E-state index in [1.54, 1.807) is 18.2 Å². The van der Waals surface area contributed by atoms with E-state index in [-0.39, 0.29) is 5.97 Å². The molecule has 0 atom stereocenters. The van der Waals surface area contributed by atoms with Gasteiger partial charge in [0.2, 0.25) is 0 Å². The third kappa shape index (κ3) is 4.83. The Hall–Kier alpha value is -1.81. The lowest BCUT2D eigenvalue weighted by atomic mass is 10.1. The molecule has 0 spiro atoms. The van der Waals surface area contributed by atoms with Gasteiger partial charge in [-0.25, -0.2) is 4.79 Å². The van der Waals surface area contributed by atoms with Crippen LogP contribution in [0.2, 0.25) is 0 Å². The van der Waals surface area contributed by atoms with Gasteiger partial charge in [0, 0.05) is 0 Å². The van der Waals surface area contributed by atoms with Gasteiger partial charge < -0.3 is 9.47 Å². The van der Waals surface area contributed by atoms with E-state index in [0.717, 1.165) is 21.3 Å². The number of esters is 1. The number of hydrogen-bond acceptors (Lipinski definition) is 3. The lowest BCUT2D eigenvalue weighted by Crippen LogP contribution is -2.10. The third-order valence-corrected chi connectivity index (χ3v) is 3.89. The van der Waals surface area contributed by atoms with Gasteiger partial charge in [0.05, 0.1) is 16.6 Å². The Morgan fingerprint density at radius 1 is 1.09 bits per heavy atom. The minimum absolute atomic E-state index is 0.381. The lowest BCUT2D eigenvalue weighted by Gasteiger charge is -2.12. The zero-order valence-corrected chi connectivity index (χ0v) is 15.4. The summed E-state index contributed by atoms with van der Waals surface area (Å²) in [5, 5.41) is 0. The molecule has 0 heterocycles. The predicted octanol–water partition coefficient (Wildman–Crippen LogP) is 5.32. The summed E-state index contributed by atoms with van der Waals surface area (Å²) >= 11 is 3.44. The summed E-state index contributed by atoms with van der Waals surface area (Å²) in [6.07, 6.45) is 0. The number of benzene rings is 2. The molecule has 23 heavy (non-hydrogen) atoms. The molecule has 0 bridgehead atoms. The highest BCUT2D eigenvalue weighted by Crippen LogP contribution is 2.27. The van der Waals surface area contributed by atoms with Gasteiger partial charge in [0.25, 0.3) is 0 Å². The molecular weight excluding hydrogens is 356 g/mol. The molecule has 2 aromatic carbocycles. The topological polar surface area (TPSA) is 35.5 Å². The molecule has 0 aliphatic rings. The van der Waals surface area contributed by atoms with Gasteiger partial charge in [0.1, 0.15) is 11.5 Å². The van der Waals surface area contributed by atoms with Crippen molar-refractivity contribution >= 4 is 21.9 Å². The molecule has 2 rings (SSSR count). The van der Waals surface area contributed by atoms with Gasteiger partial charge in [0.15, 0.2) is 0 Å². The minimum atomic E-state index is -0.381. The number of ether oxygens (including phenoxy) is 2. The highest BCUT2D eigenvalue weighted by atomic mass is 79.9. The summed E-state index contributed by atoms with van der Waals surface area (Å²) in [5.41, 5.74) is 2.56. The number of halogens is 1. The summed E-state index contributed by atoms with van der Waals surface area (Å²) < 4.78 is 11.9. The van der Waals surface area contributed by atoms with Gasteiger partial charge in [-0.05, 0) is 65.5 Å². The Bertz CT molecular complexity index is 708. The maximum atomic E-state index is 12.3. The number of hydrogen-bond donors (Lipinski definition) is 0. The van der Waals surface area contributed by atoms with E-state index in [1.807, 2.05) is 32.0 Å². The Morgan fingerprint density at radius 3 is 2.39 bits per heavy atom. The van der Waals surface area contributed by atoms with Crippen molar-refractivity contribution in [3.05, 3.63) is 57.6 Å². The lowest BCUT2D eigenvalue weighted by molar-refractivity contribution is 0.0733. The van der Waals surface area contributed by atoms with Gasteiger partial charge in [-0.3, -0.25) is 0 Å². The van der Waals surface area contributed by atoms with Crippen molar-refractivity contribution in [1.29, 1.82) is 0 Å². The van der Waals surface area contributed by atoms with Crippen LogP contribution in [0.3, 0.4) is 0 Å². The van der Waals surface area contributed by atoms with E-state index in [4.69, 9.17) is 9.47 Å². The third-order valence-electron chi connectivity index (χ3n) is 3.27. The molecule has 0 amide bonds. The predicted molar refractivity (Wildman–Crippen MR) is 95.3 cm³/mol. The SMILES string of the molecule is Cc1ccc(OC(=O)c2ccc(OCC(C)C)c(Br)c2)c(C)c1. The normalized spacial score (nSPS) is 10.7.